The molecule has 1 atom stereocenters. The maximum absolute atomic E-state index is 5.85. The van der Waals surface area contributed by atoms with Crippen molar-refractivity contribution in [2.24, 2.45) is 0 Å². The number of rotatable bonds is 1. The van der Waals surface area contributed by atoms with Gasteiger partial charge >= 0.3 is 0 Å². The largest absolute Gasteiger partial charge is 0.310 e. The molecule has 74 valence electrons. The summed E-state index contributed by atoms with van der Waals surface area (Å²) in [7, 11) is 0. The Morgan fingerprint density at radius 2 is 2.00 bits per heavy atom. The van der Waals surface area contributed by atoms with Crippen LogP contribution < -0.4 is 5.32 Å². The van der Waals surface area contributed by atoms with Crippen LogP contribution in [0, 0.1) is 0 Å². The predicted molar refractivity (Wildman–Crippen MR) is 61.5 cm³/mol. The monoisotopic (exact) mass is 207 g/mol. The van der Waals surface area contributed by atoms with E-state index in [1.54, 1.807) is 0 Å². The molecule has 1 aliphatic rings. The number of benzene rings is 1. The quantitative estimate of drug-likeness (QED) is 0.746. The number of halogens is 1. The van der Waals surface area contributed by atoms with Gasteiger partial charge in [-0.2, -0.15) is 0 Å². The lowest BCUT2D eigenvalue weighted by atomic mass is 9.96. The molecule has 0 amide bonds. The second kappa shape index (κ2) is 4.16. The lowest BCUT2D eigenvalue weighted by molar-refractivity contribution is 0.579. The van der Waals surface area contributed by atoms with Gasteiger partial charge < -0.3 is 5.32 Å². The predicted octanol–water partition coefficient (Wildman–Crippen LogP) is 3.11. The minimum absolute atomic E-state index is 0.575. The fourth-order valence-electron chi connectivity index (χ4n) is 1.77. The van der Waals surface area contributed by atoms with Crippen LogP contribution in [0.5, 0.6) is 0 Å². The molecule has 0 bridgehead atoms. The van der Waals surface area contributed by atoms with Gasteiger partial charge in [-0.25, -0.2) is 0 Å². The molecule has 14 heavy (non-hydrogen) atoms. The lowest BCUT2D eigenvalue weighted by Gasteiger charge is -2.20. The Labute approximate surface area is 89.8 Å². The zero-order valence-corrected chi connectivity index (χ0v) is 9.01. The third-order valence-electron chi connectivity index (χ3n) is 2.56. The molecule has 1 N–H and O–H groups in total. The van der Waals surface area contributed by atoms with E-state index in [0.29, 0.717) is 6.04 Å². The first-order valence-corrected chi connectivity index (χ1v) is 5.32. The number of hydrogen-bond donors (Lipinski definition) is 1. The van der Waals surface area contributed by atoms with Gasteiger partial charge in [0, 0.05) is 17.6 Å². The zero-order valence-electron chi connectivity index (χ0n) is 8.26. The van der Waals surface area contributed by atoms with Gasteiger partial charge in [-0.1, -0.05) is 29.8 Å². The van der Waals surface area contributed by atoms with Gasteiger partial charge in [-0.3, -0.25) is 0 Å². The lowest BCUT2D eigenvalue weighted by Crippen LogP contribution is -2.29. The molecule has 1 aliphatic heterocycles. The van der Waals surface area contributed by atoms with Gasteiger partial charge in [-0.15, -0.1) is 0 Å². The van der Waals surface area contributed by atoms with Gasteiger partial charge in [0.1, 0.15) is 0 Å². The SMILES string of the molecule is CC1CC(c2ccc(Cl)cc2)=CCN1. The third-order valence-corrected chi connectivity index (χ3v) is 2.81. The Balaban J connectivity index is 2.22. The highest BCUT2D eigenvalue weighted by molar-refractivity contribution is 6.30. The zero-order chi connectivity index (χ0) is 9.97. The minimum atomic E-state index is 0.575. The van der Waals surface area contributed by atoms with Gasteiger partial charge in [0.2, 0.25) is 0 Å². The Morgan fingerprint density at radius 1 is 1.29 bits per heavy atom. The molecule has 1 aromatic rings. The molecule has 0 saturated heterocycles. The maximum Gasteiger partial charge on any atom is 0.0406 e. The van der Waals surface area contributed by atoms with Gasteiger partial charge in [0.15, 0.2) is 0 Å². The van der Waals surface area contributed by atoms with E-state index in [1.807, 2.05) is 12.1 Å². The molecule has 0 fully saturated rings. The topological polar surface area (TPSA) is 12.0 Å². The molecule has 1 nitrogen and oxygen atoms in total. The highest BCUT2D eigenvalue weighted by atomic mass is 35.5. The Hall–Kier alpha value is -0.790. The summed E-state index contributed by atoms with van der Waals surface area (Å²) in [4.78, 5) is 0. The van der Waals surface area contributed by atoms with Crippen LogP contribution in [-0.2, 0) is 0 Å². The van der Waals surface area contributed by atoms with Gasteiger partial charge in [-0.05, 0) is 36.6 Å². The summed E-state index contributed by atoms with van der Waals surface area (Å²) in [5.41, 5.74) is 2.72. The van der Waals surface area contributed by atoms with Crippen molar-refractivity contribution in [3.05, 3.63) is 40.9 Å². The highest BCUT2D eigenvalue weighted by Crippen LogP contribution is 2.23. The molecule has 0 radical (unpaired) electrons. The molecule has 0 aromatic heterocycles. The van der Waals surface area contributed by atoms with E-state index in [1.165, 1.54) is 11.1 Å². The Morgan fingerprint density at radius 3 is 2.64 bits per heavy atom. The number of hydrogen-bond acceptors (Lipinski definition) is 1. The van der Waals surface area contributed by atoms with Crippen molar-refractivity contribution in [2.45, 2.75) is 19.4 Å². The normalized spacial score (nSPS) is 21.9. The summed E-state index contributed by atoms with van der Waals surface area (Å²) in [5.74, 6) is 0. The summed E-state index contributed by atoms with van der Waals surface area (Å²) in [6.45, 7) is 3.18. The van der Waals surface area contributed by atoms with E-state index in [-0.39, 0.29) is 0 Å². The number of nitrogens with one attached hydrogen (secondary N) is 1. The van der Waals surface area contributed by atoms with Gasteiger partial charge in [0.05, 0.1) is 0 Å². The molecular formula is C12H14ClN. The second-order valence-electron chi connectivity index (χ2n) is 3.75. The van der Waals surface area contributed by atoms with E-state index >= 15 is 0 Å². The summed E-state index contributed by atoms with van der Waals surface area (Å²) < 4.78 is 0. The fraction of sp³-hybridized carbons (Fsp3) is 0.333. The molecule has 0 saturated carbocycles. The maximum atomic E-state index is 5.85. The van der Waals surface area contributed by atoms with Crippen LogP contribution >= 0.6 is 11.6 Å². The molecule has 1 aromatic carbocycles. The first kappa shape index (κ1) is 9.75. The van der Waals surface area contributed by atoms with Crippen LogP contribution in [0.1, 0.15) is 18.9 Å². The van der Waals surface area contributed by atoms with Crippen LogP contribution in [0.4, 0.5) is 0 Å². The Kier molecular flexibility index (Phi) is 2.90. The van der Waals surface area contributed by atoms with Crippen LogP contribution in [0.3, 0.4) is 0 Å². The molecule has 1 heterocycles. The minimum Gasteiger partial charge on any atom is -0.310 e. The van der Waals surface area contributed by atoms with Crippen molar-refractivity contribution >= 4 is 17.2 Å². The van der Waals surface area contributed by atoms with E-state index in [0.717, 1.165) is 18.0 Å². The molecule has 0 spiro atoms. The van der Waals surface area contributed by atoms with Crippen molar-refractivity contribution in [3.8, 4) is 0 Å². The molecule has 2 rings (SSSR count). The molecule has 0 aliphatic carbocycles. The van der Waals surface area contributed by atoms with Crippen molar-refractivity contribution in [2.75, 3.05) is 6.54 Å². The average molecular weight is 208 g/mol. The third kappa shape index (κ3) is 2.17. The van der Waals surface area contributed by atoms with E-state index in [4.69, 9.17) is 11.6 Å². The first-order chi connectivity index (χ1) is 6.75. The Bertz CT molecular complexity index is 340. The van der Waals surface area contributed by atoms with Crippen molar-refractivity contribution in [1.29, 1.82) is 0 Å². The highest BCUT2D eigenvalue weighted by Gasteiger charge is 2.11. The van der Waals surface area contributed by atoms with Crippen molar-refractivity contribution < 1.29 is 0 Å². The fourth-order valence-corrected chi connectivity index (χ4v) is 1.89. The standard InChI is InChI=1S/C12H14ClN/c1-9-8-11(6-7-14-9)10-2-4-12(13)5-3-10/h2-6,9,14H,7-8H2,1H3. The van der Waals surface area contributed by atoms with Crippen molar-refractivity contribution in [1.82, 2.24) is 5.32 Å². The van der Waals surface area contributed by atoms with Crippen LogP contribution in [0.15, 0.2) is 30.3 Å². The van der Waals surface area contributed by atoms with Gasteiger partial charge in [0.25, 0.3) is 0 Å². The van der Waals surface area contributed by atoms with E-state index in [9.17, 15) is 0 Å². The molecular weight excluding hydrogens is 194 g/mol. The van der Waals surface area contributed by atoms with Crippen LogP contribution in [0.2, 0.25) is 5.02 Å². The molecule has 1 unspecified atom stereocenters. The van der Waals surface area contributed by atoms with E-state index < -0.39 is 0 Å². The first-order valence-electron chi connectivity index (χ1n) is 4.94. The summed E-state index contributed by atoms with van der Waals surface area (Å²) in [6, 6.07) is 8.65. The van der Waals surface area contributed by atoms with E-state index in [2.05, 4.69) is 30.4 Å². The van der Waals surface area contributed by atoms with Crippen LogP contribution in [0.25, 0.3) is 5.57 Å². The second-order valence-corrected chi connectivity index (χ2v) is 4.19. The summed E-state index contributed by atoms with van der Waals surface area (Å²) in [5, 5.41) is 4.19. The van der Waals surface area contributed by atoms with Crippen LogP contribution in [-0.4, -0.2) is 12.6 Å². The van der Waals surface area contributed by atoms with Crippen molar-refractivity contribution in [3.63, 3.8) is 0 Å². The summed E-state index contributed by atoms with van der Waals surface area (Å²) in [6.07, 6.45) is 3.35. The molecule has 2 heteroatoms. The smallest absolute Gasteiger partial charge is 0.0406 e. The average Bonchev–Trinajstić information content (AvgIpc) is 2.19. The summed E-state index contributed by atoms with van der Waals surface area (Å²) >= 11 is 5.85.